The van der Waals surface area contributed by atoms with E-state index in [1.807, 2.05) is 13.1 Å². The number of hydrogen-bond acceptors (Lipinski definition) is 2. The molecule has 1 unspecified atom stereocenters. The molecule has 19 heavy (non-hydrogen) atoms. The Hall–Kier alpha value is -1.61. The van der Waals surface area contributed by atoms with E-state index >= 15 is 0 Å². The summed E-state index contributed by atoms with van der Waals surface area (Å²) in [5, 5.41) is 3.59. The van der Waals surface area contributed by atoms with Crippen LogP contribution in [0.15, 0.2) is 42.7 Å². The zero-order valence-corrected chi connectivity index (χ0v) is 12.2. The lowest BCUT2D eigenvalue weighted by molar-refractivity contribution is 0.387. The highest BCUT2D eigenvalue weighted by atomic mass is 15.1. The van der Waals surface area contributed by atoms with Crippen LogP contribution < -0.4 is 5.32 Å². The number of aromatic nitrogens is 2. The molecular formula is C16H23N3. The molecule has 1 N–H and O–H groups in total. The van der Waals surface area contributed by atoms with Crippen molar-refractivity contribution in [3.05, 3.63) is 54.1 Å². The summed E-state index contributed by atoms with van der Waals surface area (Å²) in [6.45, 7) is 9.51. The molecule has 0 amide bonds. The molecule has 0 aliphatic carbocycles. The smallest absolute Gasteiger partial charge is 0.106 e. The lowest BCUT2D eigenvalue weighted by atomic mass is 10.0. The summed E-state index contributed by atoms with van der Waals surface area (Å²) in [6.07, 6.45) is 3.92. The van der Waals surface area contributed by atoms with Crippen LogP contribution in [0, 0.1) is 6.92 Å². The highest BCUT2D eigenvalue weighted by Crippen LogP contribution is 2.19. The van der Waals surface area contributed by atoms with E-state index in [9.17, 15) is 0 Å². The fourth-order valence-corrected chi connectivity index (χ4v) is 2.17. The van der Waals surface area contributed by atoms with Gasteiger partial charge in [-0.3, -0.25) is 0 Å². The van der Waals surface area contributed by atoms with Crippen LogP contribution in [0.5, 0.6) is 0 Å². The molecule has 0 aliphatic heterocycles. The molecule has 1 heterocycles. The van der Waals surface area contributed by atoms with E-state index in [1.165, 1.54) is 5.56 Å². The Labute approximate surface area is 115 Å². The third kappa shape index (κ3) is 3.67. The van der Waals surface area contributed by atoms with Crippen molar-refractivity contribution in [2.75, 3.05) is 6.54 Å². The van der Waals surface area contributed by atoms with Gasteiger partial charge in [0.05, 0.1) is 6.04 Å². The lowest BCUT2D eigenvalue weighted by Gasteiger charge is -2.27. The molecule has 3 heteroatoms. The summed E-state index contributed by atoms with van der Waals surface area (Å²) in [5.41, 5.74) is 1.42. The van der Waals surface area contributed by atoms with E-state index in [0.29, 0.717) is 0 Å². The molecule has 3 nitrogen and oxygen atoms in total. The van der Waals surface area contributed by atoms with Gasteiger partial charge in [0.25, 0.3) is 0 Å². The molecule has 1 aromatic heterocycles. The van der Waals surface area contributed by atoms with Crippen molar-refractivity contribution in [1.29, 1.82) is 0 Å². The Morgan fingerprint density at radius 1 is 1.21 bits per heavy atom. The normalized spacial score (nSPS) is 13.5. The standard InChI is InChI=1S/C16H23N3/c1-13-17-10-11-19(13)15(12-18-16(2,3)4)14-8-6-5-7-9-14/h5-11,15,18H,12H2,1-4H3. The third-order valence-electron chi connectivity index (χ3n) is 3.21. The summed E-state index contributed by atoms with van der Waals surface area (Å²) >= 11 is 0. The number of rotatable bonds is 4. The van der Waals surface area contributed by atoms with Gasteiger partial charge in [0.1, 0.15) is 5.82 Å². The third-order valence-corrected chi connectivity index (χ3v) is 3.21. The quantitative estimate of drug-likeness (QED) is 0.911. The lowest BCUT2D eigenvalue weighted by Crippen LogP contribution is -2.40. The van der Waals surface area contributed by atoms with Crippen LogP contribution in [-0.2, 0) is 0 Å². The van der Waals surface area contributed by atoms with Crippen molar-refractivity contribution >= 4 is 0 Å². The van der Waals surface area contributed by atoms with Crippen molar-refractivity contribution < 1.29 is 0 Å². The topological polar surface area (TPSA) is 29.9 Å². The van der Waals surface area contributed by atoms with Crippen molar-refractivity contribution in [2.24, 2.45) is 0 Å². The van der Waals surface area contributed by atoms with Gasteiger partial charge in [-0.05, 0) is 33.3 Å². The van der Waals surface area contributed by atoms with Gasteiger partial charge in [-0.1, -0.05) is 30.3 Å². The molecule has 102 valence electrons. The van der Waals surface area contributed by atoms with Crippen LogP contribution in [0.3, 0.4) is 0 Å². The maximum atomic E-state index is 4.34. The van der Waals surface area contributed by atoms with E-state index in [2.05, 4.69) is 72.2 Å². The molecule has 0 radical (unpaired) electrons. The molecule has 0 saturated carbocycles. The van der Waals surface area contributed by atoms with Crippen LogP contribution in [0.4, 0.5) is 0 Å². The summed E-state index contributed by atoms with van der Waals surface area (Å²) in [6, 6.07) is 10.9. The van der Waals surface area contributed by atoms with Gasteiger partial charge in [-0.2, -0.15) is 0 Å². The highest BCUT2D eigenvalue weighted by Gasteiger charge is 2.18. The molecule has 0 saturated heterocycles. The van der Waals surface area contributed by atoms with Crippen molar-refractivity contribution in [1.82, 2.24) is 14.9 Å². The fourth-order valence-electron chi connectivity index (χ4n) is 2.17. The van der Waals surface area contributed by atoms with E-state index in [-0.39, 0.29) is 11.6 Å². The van der Waals surface area contributed by atoms with E-state index in [4.69, 9.17) is 0 Å². The van der Waals surface area contributed by atoms with Gasteiger partial charge in [0.15, 0.2) is 0 Å². The van der Waals surface area contributed by atoms with Gasteiger partial charge in [-0.25, -0.2) is 4.98 Å². The summed E-state index contributed by atoms with van der Waals surface area (Å²) < 4.78 is 2.23. The van der Waals surface area contributed by atoms with Crippen molar-refractivity contribution in [2.45, 2.75) is 39.3 Å². The van der Waals surface area contributed by atoms with Crippen molar-refractivity contribution in [3.63, 3.8) is 0 Å². The number of aryl methyl sites for hydroxylation is 1. The number of imidazole rings is 1. The van der Waals surface area contributed by atoms with E-state index in [1.54, 1.807) is 0 Å². The first-order chi connectivity index (χ1) is 8.97. The number of benzene rings is 1. The van der Waals surface area contributed by atoms with Crippen LogP contribution in [0.25, 0.3) is 0 Å². The fraction of sp³-hybridized carbons (Fsp3) is 0.438. The Balaban J connectivity index is 2.27. The second-order valence-electron chi connectivity index (χ2n) is 5.94. The van der Waals surface area contributed by atoms with Gasteiger partial charge >= 0.3 is 0 Å². The minimum atomic E-state index is 0.113. The van der Waals surface area contributed by atoms with Gasteiger partial charge in [-0.15, -0.1) is 0 Å². The maximum absolute atomic E-state index is 4.34. The zero-order valence-electron chi connectivity index (χ0n) is 12.2. The Kier molecular flexibility index (Phi) is 4.05. The van der Waals surface area contributed by atoms with E-state index in [0.717, 1.165) is 12.4 Å². The van der Waals surface area contributed by atoms with Crippen LogP contribution >= 0.6 is 0 Å². The van der Waals surface area contributed by atoms with Crippen LogP contribution in [0.1, 0.15) is 38.2 Å². The molecule has 2 aromatic rings. The summed E-state index contributed by atoms with van der Waals surface area (Å²) in [5.74, 6) is 1.05. The predicted octanol–water partition coefficient (Wildman–Crippen LogP) is 3.17. The van der Waals surface area contributed by atoms with Crippen LogP contribution in [-0.4, -0.2) is 21.6 Å². The first-order valence-corrected chi connectivity index (χ1v) is 6.77. The van der Waals surface area contributed by atoms with Crippen molar-refractivity contribution in [3.8, 4) is 0 Å². The first kappa shape index (κ1) is 13.8. The second kappa shape index (κ2) is 5.57. The Morgan fingerprint density at radius 3 is 2.42 bits per heavy atom. The van der Waals surface area contributed by atoms with Crippen LogP contribution in [0.2, 0.25) is 0 Å². The van der Waals surface area contributed by atoms with E-state index < -0.39 is 0 Å². The maximum Gasteiger partial charge on any atom is 0.106 e. The number of nitrogens with zero attached hydrogens (tertiary/aromatic N) is 2. The highest BCUT2D eigenvalue weighted by molar-refractivity contribution is 5.21. The molecule has 0 bridgehead atoms. The Morgan fingerprint density at radius 2 is 1.89 bits per heavy atom. The molecule has 1 aromatic carbocycles. The second-order valence-corrected chi connectivity index (χ2v) is 5.94. The van der Waals surface area contributed by atoms with Gasteiger partial charge < -0.3 is 9.88 Å². The minimum Gasteiger partial charge on any atom is -0.326 e. The molecule has 2 rings (SSSR count). The average Bonchev–Trinajstić information content (AvgIpc) is 2.76. The Bertz CT molecular complexity index is 508. The largest absolute Gasteiger partial charge is 0.326 e. The summed E-state index contributed by atoms with van der Waals surface area (Å²) in [7, 11) is 0. The molecule has 1 atom stereocenters. The minimum absolute atomic E-state index is 0.113. The molecular weight excluding hydrogens is 234 g/mol. The molecule has 0 fully saturated rings. The molecule has 0 aliphatic rings. The molecule has 0 spiro atoms. The number of nitrogens with one attached hydrogen (secondary N) is 1. The SMILES string of the molecule is Cc1nccn1C(CNC(C)(C)C)c1ccccc1. The monoisotopic (exact) mass is 257 g/mol. The average molecular weight is 257 g/mol. The number of hydrogen-bond donors (Lipinski definition) is 1. The van der Waals surface area contributed by atoms with Gasteiger partial charge in [0.2, 0.25) is 0 Å². The predicted molar refractivity (Wildman–Crippen MR) is 79.3 cm³/mol. The summed E-state index contributed by atoms with van der Waals surface area (Å²) in [4.78, 5) is 4.34. The first-order valence-electron chi connectivity index (χ1n) is 6.77. The van der Waals surface area contributed by atoms with Gasteiger partial charge in [0, 0.05) is 24.5 Å². The zero-order chi connectivity index (χ0) is 13.9.